The van der Waals surface area contributed by atoms with Gasteiger partial charge in [-0.3, -0.25) is 14.4 Å². The van der Waals surface area contributed by atoms with Crippen molar-refractivity contribution in [3.63, 3.8) is 0 Å². The smallest absolute Gasteiger partial charge is 0.315 e. The minimum atomic E-state index is -0.801. The molecule has 2 fully saturated rings. The quantitative estimate of drug-likeness (QED) is 0.110. The SMILES string of the molecule is Cc1ccc2ccccc2c1C(=O)N[C@H](C(=O)N[C@H](C=O)CCCCNC(=O)CCCC[C@@H]1SC[C@@H]2NC(=O)N[C@@H]21)C(C)C. The first-order valence-electron chi connectivity index (χ1n) is 15.7. The Morgan fingerprint density at radius 2 is 1.82 bits per heavy atom. The zero-order chi connectivity index (χ0) is 31.6. The molecule has 0 aromatic heterocycles. The molecule has 0 bridgehead atoms. The molecule has 0 unspecified atom stereocenters. The second-order valence-electron chi connectivity index (χ2n) is 12.1. The number of hydrogen-bond donors (Lipinski definition) is 5. The van der Waals surface area contributed by atoms with Crippen molar-refractivity contribution in [2.75, 3.05) is 12.3 Å². The van der Waals surface area contributed by atoms with E-state index < -0.39 is 18.0 Å². The molecule has 0 aliphatic carbocycles. The van der Waals surface area contributed by atoms with Gasteiger partial charge in [-0.05, 0) is 61.3 Å². The maximum Gasteiger partial charge on any atom is 0.315 e. The fourth-order valence-corrected chi connectivity index (χ4v) is 7.50. The molecule has 0 radical (unpaired) electrons. The van der Waals surface area contributed by atoms with Crippen LogP contribution >= 0.6 is 11.8 Å². The van der Waals surface area contributed by atoms with Gasteiger partial charge >= 0.3 is 6.03 Å². The normalized spacial score (nSPS) is 20.4. The van der Waals surface area contributed by atoms with E-state index >= 15 is 0 Å². The van der Waals surface area contributed by atoms with Crippen molar-refractivity contribution in [2.45, 2.75) is 95.1 Å². The van der Waals surface area contributed by atoms with Gasteiger partial charge in [0.1, 0.15) is 12.3 Å². The summed E-state index contributed by atoms with van der Waals surface area (Å²) < 4.78 is 0. The summed E-state index contributed by atoms with van der Waals surface area (Å²) in [5, 5.41) is 16.7. The van der Waals surface area contributed by atoms with Crippen LogP contribution in [0.1, 0.15) is 74.7 Å². The highest BCUT2D eigenvalue weighted by molar-refractivity contribution is 8.00. The standard InChI is InChI=1S/C33H45N5O5S/c1-20(2)29(37-31(41)28-21(3)15-16-22-10-4-5-12-24(22)28)32(42)35-23(18-39)11-8-9-17-34-27(40)14-7-6-13-26-30-25(19-44-26)36-33(43)38-30/h4-5,10,12,15-16,18,20,23,25-26,29-30H,6-9,11,13-14,17,19H2,1-3H3,(H,34,40)(H,35,42)(H,37,41)(H2,36,38,43)/t23-,25-,26-,29-,30-/m0/s1. The number of aryl methyl sites for hydroxylation is 1. The Balaban J connectivity index is 1.14. The van der Waals surface area contributed by atoms with E-state index in [-0.39, 0.29) is 35.8 Å². The van der Waals surface area contributed by atoms with Crippen LogP contribution < -0.4 is 26.6 Å². The Hall–Kier alpha value is -3.60. The second kappa shape index (κ2) is 15.9. The van der Waals surface area contributed by atoms with Gasteiger partial charge in [-0.2, -0.15) is 11.8 Å². The van der Waals surface area contributed by atoms with Crippen LogP contribution in [-0.4, -0.2) is 71.8 Å². The highest BCUT2D eigenvalue weighted by atomic mass is 32.2. The Kier molecular flexibility index (Phi) is 12.1. The number of carbonyl (C=O) groups is 5. The molecule has 5 atom stereocenters. The van der Waals surface area contributed by atoms with Crippen LogP contribution in [0.3, 0.4) is 0 Å². The molecule has 2 heterocycles. The molecule has 238 valence electrons. The average Bonchev–Trinajstić information content (AvgIpc) is 3.55. The number of carbonyl (C=O) groups excluding carboxylic acids is 5. The van der Waals surface area contributed by atoms with Gasteiger partial charge in [-0.15, -0.1) is 0 Å². The van der Waals surface area contributed by atoms with Gasteiger partial charge in [-0.25, -0.2) is 4.79 Å². The van der Waals surface area contributed by atoms with Crippen molar-refractivity contribution < 1.29 is 24.0 Å². The number of rotatable bonds is 16. The van der Waals surface area contributed by atoms with Crippen LogP contribution in [0, 0.1) is 12.8 Å². The van der Waals surface area contributed by atoms with Crippen molar-refractivity contribution in [2.24, 2.45) is 5.92 Å². The van der Waals surface area contributed by atoms with Crippen LogP contribution in [-0.2, 0) is 14.4 Å². The average molecular weight is 624 g/mol. The molecule has 44 heavy (non-hydrogen) atoms. The maximum atomic E-state index is 13.3. The third-order valence-corrected chi connectivity index (χ3v) is 9.95. The van der Waals surface area contributed by atoms with Crippen LogP contribution in [0.4, 0.5) is 4.79 Å². The lowest BCUT2D eigenvalue weighted by Gasteiger charge is -2.24. The molecule has 10 nitrogen and oxygen atoms in total. The highest BCUT2D eigenvalue weighted by Gasteiger charge is 2.42. The van der Waals surface area contributed by atoms with Crippen LogP contribution in [0.5, 0.6) is 0 Å². The number of hydrogen-bond acceptors (Lipinski definition) is 6. The second-order valence-corrected chi connectivity index (χ2v) is 13.4. The zero-order valence-electron chi connectivity index (χ0n) is 25.8. The predicted octanol–water partition coefficient (Wildman–Crippen LogP) is 3.60. The molecule has 0 spiro atoms. The van der Waals surface area contributed by atoms with Crippen LogP contribution in [0.15, 0.2) is 36.4 Å². The predicted molar refractivity (Wildman–Crippen MR) is 174 cm³/mol. The van der Waals surface area contributed by atoms with E-state index in [1.165, 1.54) is 0 Å². The number of fused-ring (bicyclic) bond motifs is 2. The molecule has 2 aromatic rings. The molecule has 0 saturated carbocycles. The summed E-state index contributed by atoms with van der Waals surface area (Å²) in [5.74, 6) is 0.0389. The molecule has 2 saturated heterocycles. The number of thioether (sulfide) groups is 1. The Morgan fingerprint density at radius 1 is 1.02 bits per heavy atom. The lowest BCUT2D eigenvalue weighted by Crippen LogP contribution is -2.52. The van der Waals surface area contributed by atoms with Gasteiger partial charge in [0.25, 0.3) is 5.91 Å². The monoisotopic (exact) mass is 623 g/mol. The van der Waals surface area contributed by atoms with Gasteiger partial charge in [-0.1, -0.05) is 56.7 Å². The molecule has 2 aliphatic heterocycles. The van der Waals surface area contributed by atoms with E-state index in [2.05, 4.69) is 26.6 Å². The van der Waals surface area contributed by atoms with E-state index in [0.29, 0.717) is 43.0 Å². The Labute approximate surface area is 263 Å². The minimum absolute atomic E-state index is 0.00924. The van der Waals surface area contributed by atoms with Crippen molar-refractivity contribution >= 4 is 52.6 Å². The molecule has 5 amide bonds. The Morgan fingerprint density at radius 3 is 2.59 bits per heavy atom. The van der Waals surface area contributed by atoms with Crippen molar-refractivity contribution in [3.05, 3.63) is 47.5 Å². The van der Waals surface area contributed by atoms with Crippen molar-refractivity contribution in [1.29, 1.82) is 0 Å². The van der Waals surface area contributed by atoms with E-state index in [1.54, 1.807) is 0 Å². The van der Waals surface area contributed by atoms with Gasteiger partial charge < -0.3 is 31.4 Å². The topological polar surface area (TPSA) is 146 Å². The molecule has 4 rings (SSSR count). The summed E-state index contributed by atoms with van der Waals surface area (Å²) in [4.78, 5) is 62.0. The summed E-state index contributed by atoms with van der Waals surface area (Å²) in [6.45, 7) is 6.09. The molecule has 2 aromatic carbocycles. The lowest BCUT2D eigenvalue weighted by atomic mass is 9.97. The van der Waals surface area contributed by atoms with Gasteiger partial charge in [0.05, 0.1) is 23.7 Å². The third-order valence-electron chi connectivity index (χ3n) is 8.44. The number of benzene rings is 2. The highest BCUT2D eigenvalue weighted by Crippen LogP contribution is 2.33. The first-order valence-corrected chi connectivity index (χ1v) is 16.7. The summed E-state index contributed by atoms with van der Waals surface area (Å²) in [5.41, 5.74) is 1.36. The van der Waals surface area contributed by atoms with Crippen LogP contribution in [0.2, 0.25) is 0 Å². The maximum absolute atomic E-state index is 13.3. The molecular formula is C33H45N5O5S. The van der Waals surface area contributed by atoms with E-state index in [1.807, 2.05) is 68.9 Å². The number of aldehydes is 1. The van der Waals surface area contributed by atoms with Crippen LogP contribution in [0.25, 0.3) is 10.8 Å². The summed E-state index contributed by atoms with van der Waals surface area (Å²) in [6, 6.07) is 10.4. The molecular weight excluding hydrogens is 578 g/mol. The Bertz CT molecular complexity index is 1350. The van der Waals surface area contributed by atoms with Gasteiger partial charge in [0, 0.05) is 24.0 Å². The fourth-order valence-electron chi connectivity index (χ4n) is 5.96. The lowest BCUT2D eigenvalue weighted by molar-refractivity contribution is -0.126. The number of amides is 5. The number of nitrogens with one attached hydrogen (secondary N) is 5. The van der Waals surface area contributed by atoms with E-state index in [4.69, 9.17) is 0 Å². The summed E-state index contributed by atoms with van der Waals surface area (Å²) in [7, 11) is 0. The van der Waals surface area contributed by atoms with E-state index in [9.17, 15) is 24.0 Å². The summed E-state index contributed by atoms with van der Waals surface area (Å²) in [6.07, 6.45) is 5.68. The first-order chi connectivity index (χ1) is 21.2. The molecule has 2 aliphatic rings. The van der Waals surface area contributed by atoms with E-state index in [0.717, 1.165) is 47.6 Å². The molecule has 11 heteroatoms. The fraction of sp³-hybridized carbons (Fsp3) is 0.545. The summed E-state index contributed by atoms with van der Waals surface area (Å²) >= 11 is 1.88. The largest absolute Gasteiger partial charge is 0.356 e. The molecule has 5 N–H and O–H groups in total. The third kappa shape index (κ3) is 8.74. The van der Waals surface area contributed by atoms with Crippen molar-refractivity contribution in [1.82, 2.24) is 26.6 Å². The minimum Gasteiger partial charge on any atom is -0.356 e. The zero-order valence-corrected chi connectivity index (χ0v) is 26.6. The van der Waals surface area contributed by atoms with Crippen molar-refractivity contribution in [3.8, 4) is 0 Å². The van der Waals surface area contributed by atoms with Gasteiger partial charge in [0.15, 0.2) is 0 Å². The number of urea groups is 1. The number of unbranched alkanes of at least 4 members (excludes halogenated alkanes) is 2. The van der Waals surface area contributed by atoms with Gasteiger partial charge in [0.2, 0.25) is 11.8 Å². The first kappa shape index (κ1) is 33.3.